The average molecular weight is 381 g/mol. The third-order valence-corrected chi connectivity index (χ3v) is 4.97. The van der Waals surface area contributed by atoms with Crippen LogP contribution in [-0.2, 0) is 0 Å². The van der Waals surface area contributed by atoms with Gasteiger partial charge in [-0.1, -0.05) is 23.7 Å². The van der Waals surface area contributed by atoms with E-state index in [0.29, 0.717) is 10.8 Å². The molecule has 0 aliphatic carbocycles. The van der Waals surface area contributed by atoms with Crippen molar-refractivity contribution in [1.82, 2.24) is 15.0 Å². The Morgan fingerprint density at radius 1 is 1.07 bits per heavy atom. The molecule has 1 aliphatic heterocycles. The number of aryl methyl sites for hydroxylation is 1. The van der Waals surface area contributed by atoms with E-state index in [4.69, 9.17) is 21.3 Å². The van der Waals surface area contributed by atoms with Crippen LogP contribution >= 0.6 is 11.6 Å². The smallest absolute Gasteiger partial charge is 0.163 e. The second kappa shape index (κ2) is 7.92. The molecule has 1 aromatic carbocycles. The summed E-state index contributed by atoms with van der Waals surface area (Å²) in [5.74, 6) is 2.43. The lowest BCUT2D eigenvalue weighted by Gasteiger charge is -2.33. The lowest BCUT2D eigenvalue weighted by Crippen LogP contribution is -2.38. The van der Waals surface area contributed by atoms with Crippen LogP contribution in [-0.4, -0.2) is 34.1 Å². The molecule has 0 saturated carbocycles. The second-order valence-corrected chi connectivity index (χ2v) is 7.07. The highest BCUT2D eigenvalue weighted by Crippen LogP contribution is 2.28. The van der Waals surface area contributed by atoms with Crippen LogP contribution in [0.15, 0.2) is 54.9 Å². The fraction of sp³-hybridized carbons (Fsp3) is 0.286. The first-order valence-corrected chi connectivity index (χ1v) is 9.49. The number of benzene rings is 1. The van der Waals surface area contributed by atoms with E-state index in [1.807, 2.05) is 49.4 Å². The number of rotatable bonds is 4. The number of pyridine rings is 1. The van der Waals surface area contributed by atoms with E-state index in [-0.39, 0.29) is 6.10 Å². The number of hydrogen-bond donors (Lipinski definition) is 0. The summed E-state index contributed by atoms with van der Waals surface area (Å²) in [5.41, 5.74) is 1.88. The molecule has 5 nitrogen and oxygen atoms in total. The maximum absolute atomic E-state index is 6.20. The van der Waals surface area contributed by atoms with E-state index in [1.54, 1.807) is 12.4 Å². The van der Waals surface area contributed by atoms with Gasteiger partial charge in [-0.2, -0.15) is 0 Å². The molecule has 0 spiro atoms. The molecule has 3 aromatic rings. The maximum atomic E-state index is 6.20. The molecule has 3 heterocycles. The number of anilines is 1. The molecule has 2 aromatic heterocycles. The van der Waals surface area contributed by atoms with Gasteiger partial charge >= 0.3 is 0 Å². The van der Waals surface area contributed by atoms with Crippen LogP contribution in [0, 0.1) is 6.92 Å². The molecule has 0 amide bonds. The largest absolute Gasteiger partial charge is 0.489 e. The Morgan fingerprint density at radius 3 is 2.63 bits per heavy atom. The quantitative estimate of drug-likeness (QED) is 0.664. The summed E-state index contributed by atoms with van der Waals surface area (Å²) in [4.78, 5) is 15.8. The van der Waals surface area contributed by atoms with Crippen LogP contribution in [0.3, 0.4) is 0 Å². The van der Waals surface area contributed by atoms with E-state index >= 15 is 0 Å². The lowest BCUT2D eigenvalue weighted by atomic mass is 10.1. The Morgan fingerprint density at radius 2 is 1.89 bits per heavy atom. The molecule has 0 atom stereocenters. The number of para-hydroxylation sites is 1. The summed E-state index contributed by atoms with van der Waals surface area (Å²) in [6, 6.07) is 13.6. The standard InChI is InChI=1S/C21H21ClN4O/c1-15-13-20(25-21(24-15)16-5-4-10-23-14-16)26-11-8-17(9-12-26)27-19-7-3-2-6-18(19)22/h2-7,10,13-14,17H,8-9,11-12H2,1H3. The molecular weight excluding hydrogens is 360 g/mol. The Hall–Kier alpha value is -2.66. The van der Waals surface area contributed by atoms with Crippen LogP contribution in [0.1, 0.15) is 18.5 Å². The molecule has 0 radical (unpaired) electrons. The van der Waals surface area contributed by atoms with Gasteiger partial charge in [0.05, 0.1) is 5.02 Å². The van der Waals surface area contributed by atoms with Crippen molar-refractivity contribution in [3.63, 3.8) is 0 Å². The number of aromatic nitrogens is 3. The van der Waals surface area contributed by atoms with E-state index in [9.17, 15) is 0 Å². The Labute approximate surface area is 164 Å². The van der Waals surface area contributed by atoms with Gasteiger partial charge < -0.3 is 9.64 Å². The number of halogens is 1. The zero-order valence-electron chi connectivity index (χ0n) is 15.2. The van der Waals surface area contributed by atoms with Gasteiger partial charge in [0.1, 0.15) is 17.7 Å². The van der Waals surface area contributed by atoms with Gasteiger partial charge in [-0.25, -0.2) is 9.97 Å². The summed E-state index contributed by atoms with van der Waals surface area (Å²) in [5, 5.41) is 0.660. The van der Waals surface area contributed by atoms with Gasteiger partial charge in [0, 0.05) is 55.6 Å². The topological polar surface area (TPSA) is 51.1 Å². The summed E-state index contributed by atoms with van der Waals surface area (Å²) in [6.07, 6.45) is 5.57. The first-order chi connectivity index (χ1) is 13.2. The van der Waals surface area contributed by atoms with E-state index in [1.165, 1.54) is 0 Å². The molecule has 0 N–H and O–H groups in total. The molecule has 0 unspecified atom stereocenters. The van der Waals surface area contributed by atoms with Crippen molar-refractivity contribution in [1.29, 1.82) is 0 Å². The molecule has 1 saturated heterocycles. The second-order valence-electron chi connectivity index (χ2n) is 6.67. The molecule has 138 valence electrons. The van der Waals surface area contributed by atoms with E-state index in [2.05, 4.69) is 14.9 Å². The molecule has 6 heteroatoms. The highest BCUT2D eigenvalue weighted by molar-refractivity contribution is 6.32. The van der Waals surface area contributed by atoms with Crippen molar-refractivity contribution in [2.24, 2.45) is 0 Å². The summed E-state index contributed by atoms with van der Waals surface area (Å²) >= 11 is 6.20. The van der Waals surface area contributed by atoms with E-state index in [0.717, 1.165) is 48.8 Å². The fourth-order valence-corrected chi connectivity index (χ4v) is 3.44. The van der Waals surface area contributed by atoms with Crippen molar-refractivity contribution in [3.05, 3.63) is 65.6 Å². The highest BCUT2D eigenvalue weighted by Gasteiger charge is 2.23. The van der Waals surface area contributed by atoms with Crippen LogP contribution in [0.25, 0.3) is 11.4 Å². The lowest BCUT2D eigenvalue weighted by molar-refractivity contribution is 0.171. The number of ether oxygens (including phenoxy) is 1. The summed E-state index contributed by atoms with van der Waals surface area (Å²) < 4.78 is 6.09. The Balaban J connectivity index is 1.45. The van der Waals surface area contributed by atoms with Crippen LogP contribution in [0.4, 0.5) is 5.82 Å². The maximum Gasteiger partial charge on any atom is 0.163 e. The van der Waals surface area contributed by atoms with Gasteiger partial charge in [-0.05, 0) is 31.2 Å². The minimum absolute atomic E-state index is 0.168. The number of hydrogen-bond acceptors (Lipinski definition) is 5. The molecule has 1 fully saturated rings. The van der Waals surface area contributed by atoms with Gasteiger partial charge in [-0.15, -0.1) is 0 Å². The minimum atomic E-state index is 0.168. The van der Waals surface area contributed by atoms with Crippen LogP contribution in [0.2, 0.25) is 5.02 Å². The number of piperidine rings is 1. The predicted octanol–water partition coefficient (Wildman–Crippen LogP) is 4.55. The zero-order valence-corrected chi connectivity index (χ0v) is 15.9. The first-order valence-electron chi connectivity index (χ1n) is 9.11. The van der Waals surface area contributed by atoms with Crippen LogP contribution < -0.4 is 9.64 Å². The van der Waals surface area contributed by atoms with Crippen molar-refractivity contribution in [3.8, 4) is 17.1 Å². The highest BCUT2D eigenvalue weighted by atomic mass is 35.5. The van der Waals surface area contributed by atoms with Crippen molar-refractivity contribution in [2.45, 2.75) is 25.9 Å². The third-order valence-electron chi connectivity index (χ3n) is 4.66. The molecule has 0 bridgehead atoms. The summed E-state index contributed by atoms with van der Waals surface area (Å²) in [6.45, 7) is 3.77. The summed E-state index contributed by atoms with van der Waals surface area (Å²) in [7, 11) is 0. The molecule has 27 heavy (non-hydrogen) atoms. The van der Waals surface area contributed by atoms with Crippen molar-refractivity contribution in [2.75, 3.05) is 18.0 Å². The predicted molar refractivity (Wildman–Crippen MR) is 107 cm³/mol. The zero-order chi connectivity index (χ0) is 18.6. The molecule has 4 rings (SSSR count). The Bertz CT molecular complexity index is 911. The van der Waals surface area contributed by atoms with Gasteiger partial charge in [0.2, 0.25) is 0 Å². The monoisotopic (exact) mass is 380 g/mol. The van der Waals surface area contributed by atoms with Gasteiger partial charge in [0.25, 0.3) is 0 Å². The molecular formula is C21H21ClN4O. The normalized spacial score (nSPS) is 15.0. The SMILES string of the molecule is Cc1cc(N2CCC(Oc3ccccc3Cl)CC2)nc(-c2cccnc2)n1. The fourth-order valence-electron chi connectivity index (χ4n) is 3.26. The number of nitrogens with zero attached hydrogens (tertiary/aromatic N) is 4. The van der Waals surface area contributed by atoms with Crippen molar-refractivity contribution < 1.29 is 4.74 Å². The van der Waals surface area contributed by atoms with Crippen molar-refractivity contribution >= 4 is 17.4 Å². The third kappa shape index (κ3) is 4.19. The van der Waals surface area contributed by atoms with Crippen LogP contribution in [0.5, 0.6) is 5.75 Å². The first kappa shape index (κ1) is 17.7. The minimum Gasteiger partial charge on any atom is -0.489 e. The Kier molecular flexibility index (Phi) is 5.21. The van der Waals surface area contributed by atoms with Gasteiger partial charge in [0.15, 0.2) is 5.82 Å². The molecule has 1 aliphatic rings. The average Bonchev–Trinajstić information content (AvgIpc) is 2.70. The van der Waals surface area contributed by atoms with E-state index < -0.39 is 0 Å². The van der Waals surface area contributed by atoms with Gasteiger partial charge in [-0.3, -0.25) is 4.98 Å².